The van der Waals surface area contributed by atoms with Crippen molar-refractivity contribution in [3.63, 3.8) is 0 Å². The molecule has 0 aliphatic heterocycles. The zero-order chi connectivity index (χ0) is 10.9. The van der Waals surface area contributed by atoms with Crippen LogP contribution in [0.25, 0.3) is 0 Å². The van der Waals surface area contributed by atoms with Gasteiger partial charge in [-0.05, 0) is 42.5 Å². The van der Waals surface area contributed by atoms with Gasteiger partial charge in [0.1, 0.15) is 0 Å². The van der Waals surface area contributed by atoms with E-state index in [4.69, 9.17) is 22.1 Å². The lowest BCUT2D eigenvalue weighted by molar-refractivity contribution is 0.121. The first-order valence-electron chi connectivity index (χ1n) is 5.22. The quantitative estimate of drug-likeness (QED) is 0.840. The summed E-state index contributed by atoms with van der Waals surface area (Å²) in [6, 6.07) is 5.96. The Morgan fingerprint density at radius 2 is 2.33 bits per heavy atom. The molecule has 0 fully saturated rings. The van der Waals surface area contributed by atoms with Crippen molar-refractivity contribution in [2.24, 2.45) is 5.73 Å². The van der Waals surface area contributed by atoms with Crippen LogP contribution in [-0.2, 0) is 16.7 Å². The van der Waals surface area contributed by atoms with Crippen LogP contribution in [0.1, 0.15) is 24.0 Å². The van der Waals surface area contributed by atoms with Gasteiger partial charge in [0.25, 0.3) is 0 Å². The maximum Gasteiger partial charge on any atom is 0.0684 e. The van der Waals surface area contributed by atoms with Gasteiger partial charge in [0.2, 0.25) is 0 Å². The zero-order valence-electron chi connectivity index (χ0n) is 8.92. The Labute approximate surface area is 95.4 Å². The number of benzene rings is 1. The molecule has 0 spiro atoms. The predicted molar refractivity (Wildman–Crippen MR) is 62.1 cm³/mol. The summed E-state index contributed by atoms with van der Waals surface area (Å²) in [5, 5.41) is 0.787. The third-order valence-electron chi connectivity index (χ3n) is 3.07. The van der Waals surface area contributed by atoms with Crippen molar-refractivity contribution in [2.45, 2.75) is 24.8 Å². The molecule has 2 rings (SSSR count). The van der Waals surface area contributed by atoms with E-state index in [9.17, 15) is 0 Å². The van der Waals surface area contributed by atoms with Gasteiger partial charge in [-0.3, -0.25) is 0 Å². The molecule has 2 nitrogen and oxygen atoms in total. The van der Waals surface area contributed by atoms with E-state index in [0.717, 1.165) is 24.3 Å². The van der Waals surface area contributed by atoms with E-state index in [0.29, 0.717) is 6.61 Å². The average molecular weight is 226 g/mol. The van der Waals surface area contributed by atoms with Gasteiger partial charge in [-0.2, -0.15) is 0 Å². The summed E-state index contributed by atoms with van der Waals surface area (Å²) in [4.78, 5) is 0. The molecule has 82 valence electrons. The smallest absolute Gasteiger partial charge is 0.0684 e. The second-order valence-corrected chi connectivity index (χ2v) is 4.68. The van der Waals surface area contributed by atoms with Gasteiger partial charge in [0.05, 0.1) is 12.1 Å². The summed E-state index contributed by atoms with van der Waals surface area (Å²) in [6.07, 6.45) is 3.15. The molecule has 15 heavy (non-hydrogen) atoms. The SMILES string of the molecule is COCC1(N)CCCc2cc(Cl)ccc21. The highest BCUT2D eigenvalue weighted by molar-refractivity contribution is 6.30. The molecule has 0 radical (unpaired) electrons. The Bertz CT molecular complexity index is 367. The molecule has 1 aliphatic rings. The van der Waals surface area contributed by atoms with Gasteiger partial charge < -0.3 is 10.5 Å². The first-order valence-corrected chi connectivity index (χ1v) is 5.60. The number of hydrogen-bond donors (Lipinski definition) is 1. The number of aryl methyl sites for hydroxylation is 1. The first-order chi connectivity index (χ1) is 7.15. The van der Waals surface area contributed by atoms with Crippen LogP contribution in [0.15, 0.2) is 18.2 Å². The van der Waals surface area contributed by atoms with E-state index in [1.807, 2.05) is 18.2 Å². The fourth-order valence-electron chi connectivity index (χ4n) is 2.39. The molecule has 1 unspecified atom stereocenters. The minimum absolute atomic E-state index is 0.326. The molecule has 0 aromatic heterocycles. The molecule has 2 N–H and O–H groups in total. The number of hydrogen-bond acceptors (Lipinski definition) is 2. The fraction of sp³-hybridized carbons (Fsp3) is 0.500. The lowest BCUT2D eigenvalue weighted by atomic mass is 9.78. The van der Waals surface area contributed by atoms with E-state index < -0.39 is 0 Å². The lowest BCUT2D eigenvalue weighted by Gasteiger charge is -2.35. The number of fused-ring (bicyclic) bond motifs is 1. The Balaban J connectivity index is 2.42. The number of methoxy groups -OCH3 is 1. The monoisotopic (exact) mass is 225 g/mol. The van der Waals surface area contributed by atoms with Crippen LogP contribution in [0.4, 0.5) is 0 Å². The van der Waals surface area contributed by atoms with Crippen molar-refractivity contribution < 1.29 is 4.74 Å². The lowest BCUT2D eigenvalue weighted by Crippen LogP contribution is -2.44. The largest absolute Gasteiger partial charge is 0.382 e. The summed E-state index contributed by atoms with van der Waals surface area (Å²) in [5.74, 6) is 0. The molecule has 1 aromatic rings. The van der Waals surface area contributed by atoms with Gasteiger partial charge in [0.15, 0.2) is 0 Å². The van der Waals surface area contributed by atoms with Crippen LogP contribution < -0.4 is 5.73 Å². The molecule has 1 aromatic carbocycles. The van der Waals surface area contributed by atoms with Crippen LogP contribution in [-0.4, -0.2) is 13.7 Å². The highest BCUT2D eigenvalue weighted by atomic mass is 35.5. The highest BCUT2D eigenvalue weighted by Gasteiger charge is 2.32. The second kappa shape index (κ2) is 4.12. The van der Waals surface area contributed by atoms with E-state index >= 15 is 0 Å². The van der Waals surface area contributed by atoms with Crippen molar-refractivity contribution in [1.29, 1.82) is 0 Å². The normalized spacial score (nSPS) is 25.0. The van der Waals surface area contributed by atoms with Crippen molar-refractivity contribution in [1.82, 2.24) is 0 Å². The van der Waals surface area contributed by atoms with Gasteiger partial charge in [-0.1, -0.05) is 17.7 Å². The molecular weight excluding hydrogens is 210 g/mol. The minimum Gasteiger partial charge on any atom is -0.382 e. The summed E-state index contributed by atoms with van der Waals surface area (Å²) >= 11 is 5.97. The van der Waals surface area contributed by atoms with Gasteiger partial charge in [-0.15, -0.1) is 0 Å². The van der Waals surface area contributed by atoms with Crippen molar-refractivity contribution in [2.75, 3.05) is 13.7 Å². The van der Waals surface area contributed by atoms with E-state index in [-0.39, 0.29) is 5.54 Å². The minimum atomic E-state index is -0.326. The molecule has 0 heterocycles. The molecule has 0 amide bonds. The van der Waals surface area contributed by atoms with Crippen molar-refractivity contribution >= 4 is 11.6 Å². The Morgan fingerprint density at radius 3 is 3.07 bits per heavy atom. The molecule has 0 bridgehead atoms. The Kier molecular flexibility index (Phi) is 3.01. The molecule has 3 heteroatoms. The van der Waals surface area contributed by atoms with Crippen LogP contribution in [0.2, 0.25) is 5.02 Å². The molecule has 0 saturated carbocycles. The van der Waals surface area contributed by atoms with E-state index in [1.54, 1.807) is 7.11 Å². The maximum absolute atomic E-state index is 6.36. The topological polar surface area (TPSA) is 35.2 Å². The van der Waals surface area contributed by atoms with Crippen molar-refractivity contribution in [3.8, 4) is 0 Å². The Hall–Kier alpha value is -0.570. The third-order valence-corrected chi connectivity index (χ3v) is 3.31. The number of ether oxygens (including phenoxy) is 1. The Morgan fingerprint density at radius 1 is 1.53 bits per heavy atom. The van der Waals surface area contributed by atoms with Gasteiger partial charge in [0, 0.05) is 12.1 Å². The second-order valence-electron chi connectivity index (χ2n) is 4.24. The van der Waals surface area contributed by atoms with Crippen LogP contribution in [0.5, 0.6) is 0 Å². The summed E-state index contributed by atoms with van der Waals surface area (Å²) in [5.41, 5.74) is 8.50. The first kappa shape index (κ1) is 10.9. The van der Waals surface area contributed by atoms with Crippen molar-refractivity contribution in [3.05, 3.63) is 34.3 Å². The average Bonchev–Trinajstić information content (AvgIpc) is 2.17. The number of nitrogens with two attached hydrogens (primary N) is 1. The van der Waals surface area contributed by atoms with E-state index in [2.05, 4.69) is 0 Å². The predicted octanol–water partition coefficient (Wildman–Crippen LogP) is 2.48. The highest BCUT2D eigenvalue weighted by Crippen LogP contribution is 2.34. The van der Waals surface area contributed by atoms with Crippen LogP contribution in [0.3, 0.4) is 0 Å². The summed E-state index contributed by atoms with van der Waals surface area (Å²) < 4.78 is 5.21. The summed E-state index contributed by atoms with van der Waals surface area (Å²) in [7, 11) is 1.69. The van der Waals surface area contributed by atoms with E-state index in [1.165, 1.54) is 11.1 Å². The molecule has 0 saturated heterocycles. The number of halogens is 1. The maximum atomic E-state index is 6.36. The van der Waals surface area contributed by atoms with Crippen LogP contribution >= 0.6 is 11.6 Å². The number of rotatable bonds is 2. The molecule has 1 aliphatic carbocycles. The van der Waals surface area contributed by atoms with Gasteiger partial charge >= 0.3 is 0 Å². The molecular formula is C12H16ClNO. The van der Waals surface area contributed by atoms with Crippen LogP contribution in [0, 0.1) is 0 Å². The zero-order valence-corrected chi connectivity index (χ0v) is 9.68. The molecule has 1 atom stereocenters. The van der Waals surface area contributed by atoms with Gasteiger partial charge in [-0.25, -0.2) is 0 Å². The standard InChI is InChI=1S/C12H16ClNO/c1-15-8-12(14)6-2-3-9-7-10(13)4-5-11(9)12/h4-5,7H,2-3,6,8,14H2,1H3. The summed E-state index contributed by atoms with van der Waals surface area (Å²) in [6.45, 7) is 0.571. The third kappa shape index (κ3) is 2.03. The fourth-order valence-corrected chi connectivity index (χ4v) is 2.59.